The molecule has 2 aliphatic rings. The Labute approximate surface area is 149 Å². The molecule has 1 saturated heterocycles. The highest BCUT2D eigenvalue weighted by atomic mass is 16.5. The molecule has 1 atom stereocenters. The van der Waals surface area contributed by atoms with E-state index in [1.54, 1.807) is 7.11 Å². The molecule has 1 unspecified atom stereocenters. The third-order valence-electron chi connectivity index (χ3n) is 5.63. The molecule has 1 saturated carbocycles. The normalized spacial score (nSPS) is 21.3. The molecule has 2 fully saturated rings. The van der Waals surface area contributed by atoms with Gasteiger partial charge in [0.2, 0.25) is 11.8 Å². The van der Waals surface area contributed by atoms with E-state index in [0.717, 1.165) is 43.7 Å². The number of ether oxygens (including phenoxy) is 1. The topological polar surface area (TPSA) is 58.6 Å². The van der Waals surface area contributed by atoms with Crippen LogP contribution < -0.4 is 10.1 Å². The van der Waals surface area contributed by atoms with Crippen molar-refractivity contribution < 1.29 is 14.3 Å². The van der Waals surface area contributed by atoms with Gasteiger partial charge in [0.1, 0.15) is 5.75 Å². The van der Waals surface area contributed by atoms with Crippen molar-refractivity contribution in [3.05, 3.63) is 29.8 Å². The van der Waals surface area contributed by atoms with Gasteiger partial charge in [0.15, 0.2) is 0 Å². The summed E-state index contributed by atoms with van der Waals surface area (Å²) < 4.78 is 5.22. The van der Waals surface area contributed by atoms with Gasteiger partial charge in [-0.3, -0.25) is 9.59 Å². The molecule has 136 valence electrons. The number of amides is 2. The Bertz CT molecular complexity index is 648. The molecular weight excluding hydrogens is 316 g/mol. The minimum atomic E-state index is 0.0298. The van der Waals surface area contributed by atoms with Crippen LogP contribution in [-0.2, 0) is 16.0 Å². The van der Waals surface area contributed by atoms with Gasteiger partial charge in [-0.1, -0.05) is 26.0 Å². The average Bonchev–Trinajstić information content (AvgIpc) is 3.26. The highest BCUT2D eigenvalue weighted by Crippen LogP contribution is 2.54. The summed E-state index contributed by atoms with van der Waals surface area (Å²) >= 11 is 0. The Morgan fingerprint density at radius 1 is 1.32 bits per heavy atom. The molecule has 0 bridgehead atoms. The molecular formula is C20H28N2O3. The first-order valence-electron chi connectivity index (χ1n) is 9.14. The van der Waals surface area contributed by atoms with E-state index < -0.39 is 0 Å². The zero-order valence-electron chi connectivity index (χ0n) is 15.4. The number of hydrogen-bond acceptors (Lipinski definition) is 3. The quantitative estimate of drug-likeness (QED) is 0.892. The maximum atomic E-state index is 12.6. The molecule has 5 nitrogen and oxygen atoms in total. The van der Waals surface area contributed by atoms with Gasteiger partial charge >= 0.3 is 0 Å². The van der Waals surface area contributed by atoms with Crippen molar-refractivity contribution in [1.82, 2.24) is 10.2 Å². The summed E-state index contributed by atoms with van der Waals surface area (Å²) in [7, 11) is 1.63. The molecule has 3 rings (SSSR count). The van der Waals surface area contributed by atoms with Crippen LogP contribution in [-0.4, -0.2) is 43.0 Å². The van der Waals surface area contributed by atoms with E-state index in [0.29, 0.717) is 12.5 Å². The molecule has 1 spiro atoms. The first-order chi connectivity index (χ1) is 11.9. The monoisotopic (exact) mass is 344 g/mol. The van der Waals surface area contributed by atoms with E-state index in [4.69, 9.17) is 4.74 Å². The van der Waals surface area contributed by atoms with Gasteiger partial charge < -0.3 is 15.0 Å². The highest BCUT2D eigenvalue weighted by Gasteiger charge is 2.55. The van der Waals surface area contributed by atoms with Gasteiger partial charge in [0.05, 0.1) is 13.5 Å². The lowest BCUT2D eigenvalue weighted by Gasteiger charge is -2.33. The van der Waals surface area contributed by atoms with E-state index >= 15 is 0 Å². The molecule has 1 heterocycles. The third kappa shape index (κ3) is 3.97. The summed E-state index contributed by atoms with van der Waals surface area (Å²) in [5, 5.41) is 3.15. The lowest BCUT2D eigenvalue weighted by Crippen LogP contribution is -2.42. The summed E-state index contributed by atoms with van der Waals surface area (Å²) in [4.78, 5) is 26.4. The van der Waals surface area contributed by atoms with Crippen LogP contribution in [0.25, 0.3) is 0 Å². The van der Waals surface area contributed by atoms with Gasteiger partial charge in [-0.2, -0.15) is 0 Å². The predicted octanol–water partition coefficient (Wildman–Crippen LogP) is 2.39. The van der Waals surface area contributed by atoms with E-state index in [1.807, 2.05) is 43.0 Å². The maximum absolute atomic E-state index is 12.6. The number of nitrogens with one attached hydrogen (secondary N) is 1. The van der Waals surface area contributed by atoms with Crippen molar-refractivity contribution in [2.75, 3.05) is 20.2 Å². The van der Waals surface area contributed by atoms with Crippen LogP contribution >= 0.6 is 0 Å². The third-order valence-corrected chi connectivity index (χ3v) is 5.63. The number of nitrogens with zero attached hydrogens (tertiary/aromatic N) is 1. The van der Waals surface area contributed by atoms with E-state index in [2.05, 4.69) is 5.32 Å². The van der Waals surface area contributed by atoms with Crippen molar-refractivity contribution >= 4 is 11.8 Å². The fraction of sp³-hybridized carbons (Fsp3) is 0.600. The zero-order chi connectivity index (χ0) is 18.0. The molecule has 1 N–H and O–H groups in total. The summed E-state index contributed by atoms with van der Waals surface area (Å²) in [6.45, 7) is 5.42. The SMILES string of the molecule is COc1cccc(CC(=O)N2CCC3(CC2)CC3NC(=O)C(C)C)c1. The number of hydrogen-bond donors (Lipinski definition) is 1. The molecule has 1 aromatic carbocycles. The molecule has 0 radical (unpaired) electrons. The standard InChI is InChI=1S/C20H28N2O3/c1-14(2)19(24)21-17-13-20(17)7-9-22(10-8-20)18(23)12-15-5-4-6-16(11-15)25-3/h4-6,11,14,17H,7-10,12-13H2,1-3H3,(H,21,24). The van der Waals surface area contributed by atoms with Gasteiger partial charge in [-0.25, -0.2) is 0 Å². The largest absolute Gasteiger partial charge is 0.497 e. The number of methoxy groups -OCH3 is 1. The van der Waals surface area contributed by atoms with Crippen LogP contribution in [0.5, 0.6) is 5.75 Å². The zero-order valence-corrected chi connectivity index (χ0v) is 15.4. The second-order valence-corrected chi connectivity index (χ2v) is 7.69. The Balaban J connectivity index is 1.49. The van der Waals surface area contributed by atoms with Crippen molar-refractivity contribution in [3.63, 3.8) is 0 Å². The summed E-state index contributed by atoms with van der Waals surface area (Å²) in [5.74, 6) is 1.12. The van der Waals surface area contributed by atoms with Crippen molar-refractivity contribution in [1.29, 1.82) is 0 Å². The van der Waals surface area contributed by atoms with Crippen LogP contribution in [0.2, 0.25) is 0 Å². The highest BCUT2D eigenvalue weighted by molar-refractivity contribution is 5.79. The molecule has 2 amide bonds. The van der Waals surface area contributed by atoms with Gasteiger partial charge in [0, 0.05) is 25.0 Å². The van der Waals surface area contributed by atoms with Crippen LogP contribution in [0.3, 0.4) is 0 Å². The molecule has 1 aliphatic heterocycles. The Kier molecular flexibility index (Phi) is 5.02. The van der Waals surface area contributed by atoms with Crippen LogP contribution in [0.1, 0.15) is 38.7 Å². The number of rotatable bonds is 5. The molecule has 0 aromatic heterocycles. The molecule has 25 heavy (non-hydrogen) atoms. The summed E-state index contributed by atoms with van der Waals surface area (Å²) in [6, 6.07) is 7.99. The Morgan fingerprint density at radius 2 is 2.04 bits per heavy atom. The van der Waals surface area contributed by atoms with Gasteiger partial charge in [-0.15, -0.1) is 0 Å². The van der Waals surface area contributed by atoms with Gasteiger partial charge in [-0.05, 0) is 42.4 Å². The van der Waals surface area contributed by atoms with Crippen molar-refractivity contribution in [2.24, 2.45) is 11.3 Å². The summed E-state index contributed by atoms with van der Waals surface area (Å²) in [6.07, 6.45) is 3.45. The van der Waals surface area contributed by atoms with E-state index in [9.17, 15) is 9.59 Å². The minimum Gasteiger partial charge on any atom is -0.497 e. The molecule has 1 aliphatic carbocycles. The number of carbonyl (C=O) groups is 2. The lowest BCUT2D eigenvalue weighted by molar-refractivity contribution is -0.132. The smallest absolute Gasteiger partial charge is 0.226 e. The average molecular weight is 344 g/mol. The van der Waals surface area contributed by atoms with Crippen molar-refractivity contribution in [2.45, 2.75) is 45.6 Å². The maximum Gasteiger partial charge on any atom is 0.226 e. The van der Waals surface area contributed by atoms with Crippen molar-refractivity contribution in [3.8, 4) is 5.75 Å². The van der Waals surface area contributed by atoms with E-state index in [-0.39, 0.29) is 23.1 Å². The minimum absolute atomic E-state index is 0.0298. The lowest BCUT2D eigenvalue weighted by atomic mass is 9.92. The Hall–Kier alpha value is -2.04. The fourth-order valence-electron chi connectivity index (χ4n) is 3.71. The first kappa shape index (κ1) is 17.8. The van der Waals surface area contributed by atoms with Gasteiger partial charge in [0.25, 0.3) is 0 Å². The molecule has 1 aromatic rings. The van der Waals surface area contributed by atoms with Crippen LogP contribution in [0.15, 0.2) is 24.3 Å². The molecule has 5 heteroatoms. The second kappa shape index (κ2) is 7.06. The number of piperidine rings is 1. The predicted molar refractivity (Wildman–Crippen MR) is 96.3 cm³/mol. The fourth-order valence-corrected chi connectivity index (χ4v) is 3.71. The number of benzene rings is 1. The van der Waals surface area contributed by atoms with E-state index in [1.165, 1.54) is 0 Å². The second-order valence-electron chi connectivity index (χ2n) is 7.69. The summed E-state index contributed by atoms with van der Waals surface area (Å²) in [5.41, 5.74) is 1.22. The number of likely N-dealkylation sites (tertiary alicyclic amines) is 1. The number of carbonyl (C=O) groups excluding carboxylic acids is 2. The van der Waals surface area contributed by atoms with Crippen LogP contribution in [0.4, 0.5) is 0 Å². The Morgan fingerprint density at radius 3 is 2.68 bits per heavy atom. The van der Waals surface area contributed by atoms with Crippen LogP contribution in [0, 0.1) is 11.3 Å². The first-order valence-corrected chi connectivity index (χ1v) is 9.14.